The van der Waals surface area contributed by atoms with Gasteiger partial charge in [-0.1, -0.05) is 103 Å². The van der Waals surface area contributed by atoms with Crippen molar-refractivity contribution in [2.45, 2.75) is 116 Å². The van der Waals surface area contributed by atoms with Crippen molar-refractivity contribution in [1.82, 2.24) is 4.98 Å². The zero-order valence-electron chi connectivity index (χ0n) is 17.0. The van der Waals surface area contributed by atoms with E-state index in [4.69, 9.17) is 0 Å². The molecule has 0 spiro atoms. The normalized spacial score (nSPS) is 10.8. The Morgan fingerprint density at radius 2 is 1.08 bits per heavy atom. The number of hydrogen-bond donors (Lipinski definition) is 1. The Bertz CT molecular complexity index is 376. The van der Waals surface area contributed by atoms with Crippen molar-refractivity contribution in [1.29, 1.82) is 0 Å². The summed E-state index contributed by atoms with van der Waals surface area (Å²) < 4.78 is 2.20. The third kappa shape index (κ3) is 14.4. The first-order chi connectivity index (χ1) is 11.8. The highest BCUT2D eigenvalue weighted by Gasteiger charge is 2.04. The lowest BCUT2D eigenvalue weighted by Gasteiger charge is -2.03. The van der Waals surface area contributed by atoms with E-state index in [2.05, 4.69) is 29.7 Å². The molecule has 0 aromatic carbocycles. The van der Waals surface area contributed by atoms with Gasteiger partial charge in [-0.3, -0.25) is 0 Å². The van der Waals surface area contributed by atoms with Crippen LogP contribution < -0.4 is 17.0 Å². The number of unbranched alkanes of at least 4 members (excludes halogenated alkanes) is 15. The van der Waals surface area contributed by atoms with Crippen molar-refractivity contribution in [2.75, 3.05) is 0 Å². The molecule has 0 fully saturated rings. The molecule has 0 unspecified atom stereocenters. The van der Waals surface area contributed by atoms with Gasteiger partial charge >= 0.3 is 0 Å². The van der Waals surface area contributed by atoms with Gasteiger partial charge in [-0.2, -0.15) is 0 Å². The number of imidazole rings is 1. The van der Waals surface area contributed by atoms with Gasteiger partial charge in [-0.25, -0.2) is 9.55 Å². The van der Waals surface area contributed by atoms with Crippen LogP contribution in [0.1, 0.15) is 115 Å². The molecular formula is C22H43ClN2. The van der Waals surface area contributed by atoms with Crippen LogP contribution in [-0.2, 0) is 13.5 Å². The number of nitrogens with zero attached hydrogens (tertiary/aromatic N) is 1. The van der Waals surface area contributed by atoms with Crippen molar-refractivity contribution in [3.05, 3.63) is 18.2 Å². The summed E-state index contributed by atoms with van der Waals surface area (Å²) in [5.41, 5.74) is 0. The predicted molar refractivity (Wildman–Crippen MR) is 105 cm³/mol. The predicted octanol–water partition coefficient (Wildman–Crippen LogP) is 3.65. The minimum absolute atomic E-state index is 0. The Balaban J connectivity index is 0.00000576. The second-order valence-corrected chi connectivity index (χ2v) is 7.57. The van der Waals surface area contributed by atoms with Crippen LogP contribution in [0.3, 0.4) is 0 Å². The molecule has 0 saturated heterocycles. The van der Waals surface area contributed by atoms with E-state index in [-0.39, 0.29) is 12.4 Å². The lowest BCUT2D eigenvalue weighted by molar-refractivity contribution is -0.677. The molecule has 0 bridgehead atoms. The van der Waals surface area contributed by atoms with Gasteiger partial charge in [-0.15, -0.1) is 0 Å². The van der Waals surface area contributed by atoms with Gasteiger partial charge in [0.1, 0.15) is 12.4 Å². The number of H-pyrrole nitrogens is 1. The average Bonchev–Trinajstić information content (AvgIpc) is 2.99. The highest BCUT2D eigenvalue weighted by Crippen LogP contribution is 2.13. The minimum atomic E-state index is 0. The number of aromatic nitrogens is 2. The Morgan fingerprint density at radius 1 is 0.680 bits per heavy atom. The lowest BCUT2D eigenvalue weighted by Crippen LogP contribution is -3.00. The van der Waals surface area contributed by atoms with Crippen molar-refractivity contribution in [2.24, 2.45) is 7.05 Å². The van der Waals surface area contributed by atoms with E-state index >= 15 is 0 Å². The smallest absolute Gasteiger partial charge is 0.253 e. The molecule has 0 saturated carbocycles. The van der Waals surface area contributed by atoms with Crippen molar-refractivity contribution >= 4 is 0 Å². The Hall–Kier alpha value is -0.500. The molecule has 148 valence electrons. The minimum Gasteiger partial charge on any atom is -1.00 e. The van der Waals surface area contributed by atoms with Gasteiger partial charge in [0.2, 0.25) is 0 Å². The number of halogens is 1. The maximum Gasteiger partial charge on any atom is 0.253 e. The molecule has 3 heteroatoms. The van der Waals surface area contributed by atoms with E-state index in [1.165, 1.54) is 115 Å². The maximum absolute atomic E-state index is 3.32. The van der Waals surface area contributed by atoms with Crippen molar-refractivity contribution < 1.29 is 17.0 Å². The van der Waals surface area contributed by atoms with Crippen LogP contribution in [0.2, 0.25) is 0 Å². The monoisotopic (exact) mass is 370 g/mol. The molecule has 0 atom stereocenters. The van der Waals surface area contributed by atoms with E-state index in [1.54, 1.807) is 0 Å². The zero-order chi connectivity index (χ0) is 17.3. The zero-order valence-corrected chi connectivity index (χ0v) is 17.8. The van der Waals surface area contributed by atoms with Gasteiger partial charge in [0.15, 0.2) is 0 Å². The molecule has 0 aliphatic heterocycles. The van der Waals surface area contributed by atoms with Crippen LogP contribution in [0.5, 0.6) is 0 Å². The van der Waals surface area contributed by atoms with E-state index in [0.29, 0.717) is 0 Å². The maximum atomic E-state index is 3.32. The van der Waals surface area contributed by atoms with E-state index in [0.717, 1.165) is 0 Å². The standard InChI is InChI=1S/C22H42N2.ClH/c1-3-4-5-6-7-8-9-10-11-12-13-14-15-16-17-18-19-22-23-20-21-24(22)2;/h20-21H,3-19H2,1-2H3;1H. The van der Waals surface area contributed by atoms with Crippen LogP contribution in [0.15, 0.2) is 12.4 Å². The summed E-state index contributed by atoms with van der Waals surface area (Å²) in [5.74, 6) is 1.36. The number of aromatic amines is 1. The second kappa shape index (κ2) is 18.3. The number of hydrogen-bond acceptors (Lipinski definition) is 0. The molecule has 1 rings (SSSR count). The second-order valence-electron chi connectivity index (χ2n) is 7.57. The largest absolute Gasteiger partial charge is 1.00 e. The molecular weight excluding hydrogens is 328 g/mol. The summed E-state index contributed by atoms with van der Waals surface area (Å²) in [5, 5.41) is 0. The fourth-order valence-electron chi connectivity index (χ4n) is 3.53. The first kappa shape index (κ1) is 24.5. The SMILES string of the molecule is CCCCCCCCCCCCCCCCCCc1[nH]cc[n+]1C.[Cl-]. The lowest BCUT2D eigenvalue weighted by atomic mass is 10.0. The summed E-state index contributed by atoms with van der Waals surface area (Å²) in [6.07, 6.45) is 28.4. The third-order valence-electron chi connectivity index (χ3n) is 5.24. The molecule has 25 heavy (non-hydrogen) atoms. The average molecular weight is 371 g/mol. The number of rotatable bonds is 17. The van der Waals surface area contributed by atoms with Gasteiger partial charge < -0.3 is 12.4 Å². The topological polar surface area (TPSA) is 19.7 Å². The Morgan fingerprint density at radius 3 is 1.44 bits per heavy atom. The summed E-state index contributed by atoms with van der Waals surface area (Å²) in [7, 11) is 2.12. The van der Waals surface area contributed by atoms with Gasteiger partial charge in [0, 0.05) is 6.42 Å². The van der Waals surface area contributed by atoms with Crippen molar-refractivity contribution in [3.8, 4) is 0 Å². The molecule has 1 aromatic rings. The molecule has 1 aromatic heterocycles. The Labute approximate surface area is 163 Å². The Kier molecular flexibility index (Phi) is 17.9. The fourth-order valence-corrected chi connectivity index (χ4v) is 3.53. The van der Waals surface area contributed by atoms with E-state index in [1.807, 2.05) is 6.20 Å². The van der Waals surface area contributed by atoms with Crippen LogP contribution in [0.4, 0.5) is 0 Å². The molecule has 0 aliphatic carbocycles. The molecule has 0 amide bonds. The summed E-state index contributed by atoms with van der Waals surface area (Å²) >= 11 is 0. The van der Waals surface area contributed by atoms with Gasteiger partial charge in [0.25, 0.3) is 5.82 Å². The van der Waals surface area contributed by atoms with Gasteiger partial charge in [0.05, 0.1) is 7.05 Å². The highest BCUT2D eigenvalue weighted by molar-refractivity contribution is 4.76. The molecule has 1 N–H and O–H groups in total. The summed E-state index contributed by atoms with van der Waals surface area (Å²) in [4.78, 5) is 3.32. The van der Waals surface area contributed by atoms with E-state index in [9.17, 15) is 0 Å². The highest BCUT2D eigenvalue weighted by atomic mass is 35.5. The van der Waals surface area contributed by atoms with Gasteiger partial charge in [-0.05, 0) is 6.42 Å². The van der Waals surface area contributed by atoms with Crippen LogP contribution in [0.25, 0.3) is 0 Å². The van der Waals surface area contributed by atoms with Crippen LogP contribution in [-0.4, -0.2) is 4.98 Å². The number of aryl methyl sites for hydroxylation is 2. The van der Waals surface area contributed by atoms with Crippen LogP contribution in [0, 0.1) is 0 Å². The molecule has 1 heterocycles. The first-order valence-electron chi connectivity index (χ1n) is 10.9. The molecule has 2 nitrogen and oxygen atoms in total. The van der Waals surface area contributed by atoms with Crippen molar-refractivity contribution in [3.63, 3.8) is 0 Å². The summed E-state index contributed by atoms with van der Waals surface area (Å²) in [6.45, 7) is 2.30. The summed E-state index contributed by atoms with van der Waals surface area (Å²) in [6, 6.07) is 0. The molecule has 0 aliphatic rings. The quantitative estimate of drug-likeness (QED) is 0.319. The van der Waals surface area contributed by atoms with E-state index < -0.39 is 0 Å². The first-order valence-corrected chi connectivity index (χ1v) is 10.9. The van der Waals surface area contributed by atoms with Crippen LogP contribution >= 0.6 is 0 Å². The fraction of sp³-hybridized carbons (Fsp3) is 0.864. The molecule has 0 radical (unpaired) electrons. The number of nitrogens with one attached hydrogen (secondary N) is 1. The third-order valence-corrected chi connectivity index (χ3v) is 5.24.